The summed E-state index contributed by atoms with van der Waals surface area (Å²) in [4.78, 5) is 28.2. The Hall–Kier alpha value is -2.81. The molecule has 1 aromatic heterocycles. The van der Waals surface area contributed by atoms with E-state index < -0.39 is 5.97 Å². The topological polar surface area (TPSA) is 93.4 Å². The van der Waals surface area contributed by atoms with E-state index in [9.17, 15) is 14.7 Å². The van der Waals surface area contributed by atoms with Crippen LogP contribution >= 0.6 is 23.4 Å². The summed E-state index contributed by atoms with van der Waals surface area (Å²) in [5, 5.41) is 13.5. The third kappa shape index (κ3) is 5.85. The van der Waals surface area contributed by atoms with Gasteiger partial charge in [-0.3, -0.25) is 4.79 Å². The van der Waals surface area contributed by atoms with Crippen molar-refractivity contribution in [3.63, 3.8) is 0 Å². The number of benzene rings is 2. The van der Waals surface area contributed by atoms with Gasteiger partial charge >= 0.3 is 5.97 Å². The Morgan fingerprint density at radius 2 is 1.87 bits per heavy atom. The van der Waals surface area contributed by atoms with Gasteiger partial charge in [-0.2, -0.15) is 0 Å². The van der Waals surface area contributed by atoms with Crippen LogP contribution in [0.2, 0.25) is 5.02 Å². The van der Waals surface area contributed by atoms with Gasteiger partial charge in [-0.05, 0) is 42.0 Å². The molecular formula is C21H20ClN3O4S. The number of thioether (sulfide) groups is 1. The van der Waals surface area contributed by atoms with Gasteiger partial charge in [0.15, 0.2) is 5.16 Å². The molecule has 3 rings (SSSR count). The molecule has 3 aromatic rings. The lowest BCUT2D eigenvalue weighted by atomic mass is 10.2. The molecule has 0 aliphatic carbocycles. The monoisotopic (exact) mass is 445 g/mol. The number of methoxy groups -OCH3 is 1. The molecule has 30 heavy (non-hydrogen) atoms. The fraction of sp³-hybridized carbons (Fsp3) is 0.190. The molecule has 9 heteroatoms. The highest BCUT2D eigenvalue weighted by molar-refractivity contribution is 7.99. The Morgan fingerprint density at radius 1 is 1.17 bits per heavy atom. The van der Waals surface area contributed by atoms with Gasteiger partial charge in [-0.1, -0.05) is 35.5 Å². The first-order valence-corrected chi connectivity index (χ1v) is 10.4. The number of rotatable bonds is 8. The molecule has 0 unspecified atom stereocenters. The highest BCUT2D eigenvalue weighted by Gasteiger charge is 2.12. The average molecular weight is 446 g/mol. The van der Waals surface area contributed by atoms with E-state index in [-0.39, 0.29) is 18.3 Å². The molecule has 0 aliphatic heterocycles. The summed E-state index contributed by atoms with van der Waals surface area (Å²) >= 11 is 7.20. The smallest absolute Gasteiger partial charge is 0.337 e. The molecule has 1 heterocycles. The van der Waals surface area contributed by atoms with Gasteiger partial charge in [0.1, 0.15) is 0 Å². The van der Waals surface area contributed by atoms with Crippen molar-refractivity contribution in [1.82, 2.24) is 9.55 Å². The zero-order valence-corrected chi connectivity index (χ0v) is 17.7. The van der Waals surface area contributed by atoms with E-state index in [4.69, 9.17) is 11.6 Å². The number of aliphatic hydroxyl groups excluding tert-OH is 1. The number of amides is 1. The number of hydrogen-bond donors (Lipinski definition) is 2. The zero-order valence-electron chi connectivity index (χ0n) is 16.2. The van der Waals surface area contributed by atoms with Crippen LogP contribution in [0.3, 0.4) is 0 Å². The van der Waals surface area contributed by atoms with Crippen molar-refractivity contribution in [3.05, 3.63) is 76.6 Å². The number of imidazole rings is 1. The number of aromatic nitrogens is 2. The maximum atomic E-state index is 12.3. The summed E-state index contributed by atoms with van der Waals surface area (Å²) in [7, 11) is 1.31. The summed E-state index contributed by atoms with van der Waals surface area (Å²) in [6.07, 6.45) is 1.76. The minimum Gasteiger partial charge on any atom is -0.465 e. The molecule has 0 fully saturated rings. The molecule has 0 aliphatic rings. The quantitative estimate of drug-likeness (QED) is 0.406. The first-order valence-electron chi connectivity index (χ1n) is 9.01. The summed E-state index contributed by atoms with van der Waals surface area (Å²) in [5.41, 5.74) is 2.54. The summed E-state index contributed by atoms with van der Waals surface area (Å²) < 4.78 is 6.54. The summed E-state index contributed by atoms with van der Waals surface area (Å²) in [5.74, 6) is -0.505. The maximum absolute atomic E-state index is 12.3. The van der Waals surface area contributed by atoms with E-state index in [1.807, 2.05) is 28.8 Å². The normalized spacial score (nSPS) is 10.6. The highest BCUT2D eigenvalue weighted by atomic mass is 35.5. The SMILES string of the molecule is COC(=O)c1ccc(NC(=O)CSc2nc(CO)cn2Cc2ccc(Cl)cc2)cc1. The largest absolute Gasteiger partial charge is 0.465 e. The zero-order chi connectivity index (χ0) is 21.5. The Morgan fingerprint density at radius 3 is 2.50 bits per heavy atom. The molecule has 0 atom stereocenters. The fourth-order valence-corrected chi connectivity index (χ4v) is 3.60. The van der Waals surface area contributed by atoms with Gasteiger partial charge in [0.2, 0.25) is 5.91 Å². The molecule has 0 radical (unpaired) electrons. The van der Waals surface area contributed by atoms with Gasteiger partial charge in [-0.25, -0.2) is 9.78 Å². The lowest BCUT2D eigenvalue weighted by Crippen LogP contribution is -2.15. The second-order valence-corrected chi connectivity index (χ2v) is 7.71. The first kappa shape index (κ1) is 21.9. The van der Waals surface area contributed by atoms with Crippen LogP contribution in [0, 0.1) is 0 Å². The molecule has 156 valence electrons. The molecule has 0 bridgehead atoms. The Balaban J connectivity index is 1.61. The number of hydrogen-bond acceptors (Lipinski definition) is 6. The standard InChI is InChI=1S/C21H20ClN3O4S/c1-29-20(28)15-4-8-17(9-5-15)23-19(27)13-30-21-24-18(12-26)11-25(21)10-14-2-6-16(22)7-3-14/h2-9,11,26H,10,12-13H2,1H3,(H,23,27). The van der Waals surface area contributed by atoms with Gasteiger partial charge in [0.25, 0.3) is 0 Å². The Labute approximate surface area is 183 Å². The van der Waals surface area contributed by atoms with E-state index in [0.717, 1.165) is 5.56 Å². The van der Waals surface area contributed by atoms with E-state index in [2.05, 4.69) is 15.0 Å². The van der Waals surface area contributed by atoms with Gasteiger partial charge in [0.05, 0.1) is 30.7 Å². The van der Waals surface area contributed by atoms with Crippen LogP contribution in [-0.4, -0.2) is 39.4 Å². The summed E-state index contributed by atoms with van der Waals surface area (Å²) in [6, 6.07) is 13.9. The number of aliphatic hydroxyl groups is 1. The lowest BCUT2D eigenvalue weighted by molar-refractivity contribution is -0.113. The molecule has 2 N–H and O–H groups in total. The van der Waals surface area contributed by atoms with Crippen molar-refractivity contribution in [2.75, 3.05) is 18.2 Å². The minimum atomic E-state index is -0.435. The third-order valence-electron chi connectivity index (χ3n) is 4.14. The summed E-state index contributed by atoms with van der Waals surface area (Å²) in [6.45, 7) is 0.364. The first-order chi connectivity index (χ1) is 14.5. The van der Waals surface area contributed by atoms with Crippen molar-refractivity contribution in [1.29, 1.82) is 0 Å². The number of ether oxygens (including phenoxy) is 1. The fourth-order valence-electron chi connectivity index (χ4n) is 2.68. The highest BCUT2D eigenvalue weighted by Crippen LogP contribution is 2.21. The van der Waals surface area contributed by atoms with E-state index in [0.29, 0.717) is 33.7 Å². The molecule has 2 aromatic carbocycles. The van der Waals surface area contributed by atoms with Crippen molar-refractivity contribution < 1.29 is 19.4 Å². The molecular weight excluding hydrogens is 426 g/mol. The van der Waals surface area contributed by atoms with Crippen LogP contribution in [0.4, 0.5) is 5.69 Å². The number of anilines is 1. The minimum absolute atomic E-state index is 0.140. The number of carbonyl (C=O) groups excluding carboxylic acids is 2. The van der Waals surface area contributed by atoms with Gasteiger partial charge in [-0.15, -0.1) is 0 Å². The lowest BCUT2D eigenvalue weighted by Gasteiger charge is -2.09. The molecule has 1 amide bonds. The van der Waals surface area contributed by atoms with Crippen LogP contribution in [0.1, 0.15) is 21.6 Å². The number of esters is 1. The van der Waals surface area contributed by atoms with Gasteiger partial charge < -0.3 is 19.7 Å². The Bertz CT molecular complexity index is 1020. The van der Waals surface area contributed by atoms with Gasteiger partial charge in [0, 0.05) is 23.5 Å². The Kier molecular flexibility index (Phi) is 7.51. The van der Waals surface area contributed by atoms with Crippen LogP contribution in [0.5, 0.6) is 0 Å². The molecule has 0 spiro atoms. The maximum Gasteiger partial charge on any atom is 0.337 e. The molecule has 0 saturated heterocycles. The van der Waals surface area contributed by atoms with Crippen LogP contribution < -0.4 is 5.32 Å². The van der Waals surface area contributed by atoms with E-state index in [1.54, 1.807) is 30.5 Å². The van der Waals surface area contributed by atoms with E-state index in [1.165, 1.54) is 18.9 Å². The van der Waals surface area contributed by atoms with Crippen LogP contribution in [-0.2, 0) is 22.7 Å². The second kappa shape index (κ2) is 10.3. The predicted octanol–water partition coefficient (Wildman–Crippen LogP) is 3.59. The third-order valence-corrected chi connectivity index (χ3v) is 5.38. The van der Waals surface area contributed by atoms with E-state index >= 15 is 0 Å². The number of halogens is 1. The number of nitrogens with zero attached hydrogens (tertiary/aromatic N) is 2. The number of nitrogens with one attached hydrogen (secondary N) is 1. The van der Waals surface area contributed by atoms with Crippen LogP contribution in [0.15, 0.2) is 59.9 Å². The van der Waals surface area contributed by atoms with Crippen molar-refractivity contribution in [2.45, 2.75) is 18.3 Å². The molecule has 7 nitrogen and oxygen atoms in total. The molecule has 0 saturated carbocycles. The average Bonchev–Trinajstić information content (AvgIpc) is 3.15. The van der Waals surface area contributed by atoms with Crippen LogP contribution in [0.25, 0.3) is 0 Å². The predicted molar refractivity (Wildman–Crippen MR) is 116 cm³/mol. The number of carbonyl (C=O) groups is 2. The van der Waals surface area contributed by atoms with Crippen molar-refractivity contribution in [3.8, 4) is 0 Å². The van der Waals surface area contributed by atoms with Crippen molar-refractivity contribution in [2.24, 2.45) is 0 Å². The second-order valence-electron chi connectivity index (χ2n) is 6.33. The van der Waals surface area contributed by atoms with Crippen molar-refractivity contribution >= 4 is 40.9 Å².